The largest absolute Gasteiger partial charge is 0.472 e. The van der Waals surface area contributed by atoms with Gasteiger partial charge in [0.1, 0.15) is 11.5 Å². The van der Waals surface area contributed by atoms with E-state index in [4.69, 9.17) is 4.74 Å². The number of alkyl halides is 3. The second-order valence-electron chi connectivity index (χ2n) is 9.91. The fourth-order valence-electron chi connectivity index (χ4n) is 5.14. The van der Waals surface area contributed by atoms with Gasteiger partial charge in [0.15, 0.2) is 6.61 Å². The van der Waals surface area contributed by atoms with Gasteiger partial charge < -0.3 is 9.64 Å². The van der Waals surface area contributed by atoms with Gasteiger partial charge in [-0.2, -0.15) is 0 Å². The molecule has 1 aliphatic heterocycles. The highest BCUT2D eigenvalue weighted by molar-refractivity contribution is 7.11. The molecular weight excluding hydrogens is 475 g/mol. The molecular formula is C26H34F3N3O2S. The number of carbonyl (C=O) groups is 1. The maximum atomic E-state index is 15.5. The minimum absolute atomic E-state index is 0.227. The maximum Gasteiger partial charge on any atom is 0.272 e. The van der Waals surface area contributed by atoms with Crippen LogP contribution in [0.1, 0.15) is 59.7 Å². The molecule has 0 amide bonds. The molecule has 0 aromatic carbocycles. The van der Waals surface area contributed by atoms with Crippen molar-refractivity contribution in [3.8, 4) is 5.88 Å². The van der Waals surface area contributed by atoms with Crippen molar-refractivity contribution in [2.75, 3.05) is 26.2 Å². The summed E-state index contributed by atoms with van der Waals surface area (Å²) in [7, 11) is 0. The molecule has 0 N–H and O–H groups in total. The van der Waals surface area contributed by atoms with E-state index in [1.165, 1.54) is 0 Å². The molecule has 35 heavy (non-hydrogen) atoms. The van der Waals surface area contributed by atoms with Gasteiger partial charge in [0.05, 0.1) is 5.01 Å². The lowest BCUT2D eigenvalue weighted by molar-refractivity contribution is -0.119. The Morgan fingerprint density at radius 1 is 1.26 bits per heavy atom. The summed E-state index contributed by atoms with van der Waals surface area (Å²) in [5, 5.41) is 0.973. The number of Topliss-reactive ketones (excluding diaryl/α,β-unsaturated/α-hetero) is 1. The van der Waals surface area contributed by atoms with Crippen molar-refractivity contribution >= 4 is 17.1 Å². The van der Waals surface area contributed by atoms with E-state index >= 15 is 4.39 Å². The number of aryl methyl sites for hydroxylation is 1. The molecule has 2 aromatic rings. The zero-order chi connectivity index (χ0) is 24.8. The molecule has 4 rings (SSSR count). The van der Waals surface area contributed by atoms with Crippen LogP contribution in [0.4, 0.5) is 13.2 Å². The van der Waals surface area contributed by atoms with Crippen molar-refractivity contribution in [2.45, 2.75) is 76.8 Å². The lowest BCUT2D eigenvalue weighted by Crippen LogP contribution is -2.36. The summed E-state index contributed by atoms with van der Waals surface area (Å²) in [4.78, 5) is 24.3. The lowest BCUT2D eigenvalue weighted by atomic mass is 9.76. The van der Waals surface area contributed by atoms with Crippen LogP contribution in [-0.2, 0) is 24.1 Å². The molecule has 0 atom stereocenters. The van der Waals surface area contributed by atoms with Crippen LogP contribution in [0.15, 0.2) is 18.3 Å². The van der Waals surface area contributed by atoms with E-state index in [0.29, 0.717) is 45.1 Å². The van der Waals surface area contributed by atoms with Gasteiger partial charge >= 0.3 is 0 Å². The van der Waals surface area contributed by atoms with E-state index in [9.17, 15) is 13.6 Å². The van der Waals surface area contributed by atoms with E-state index in [2.05, 4.69) is 14.9 Å². The first-order chi connectivity index (χ1) is 16.8. The number of nitrogens with zero attached hydrogens (tertiary/aromatic N) is 3. The predicted octanol–water partition coefficient (Wildman–Crippen LogP) is 5.38. The van der Waals surface area contributed by atoms with Crippen LogP contribution in [0.5, 0.6) is 5.88 Å². The Hall–Kier alpha value is -2.00. The average molecular weight is 510 g/mol. The number of fused-ring (bicyclic) bond motifs is 1. The summed E-state index contributed by atoms with van der Waals surface area (Å²) >= 11 is 1.57. The summed E-state index contributed by atoms with van der Waals surface area (Å²) in [5.74, 6) is 0.740. The molecule has 192 valence electrons. The molecule has 0 unspecified atom stereocenters. The van der Waals surface area contributed by atoms with Gasteiger partial charge in [-0.05, 0) is 56.9 Å². The highest BCUT2D eigenvalue weighted by atomic mass is 32.1. The summed E-state index contributed by atoms with van der Waals surface area (Å²) in [6.07, 6.45) is 4.80. The Balaban J connectivity index is 1.19. The van der Waals surface area contributed by atoms with Gasteiger partial charge in [0.2, 0.25) is 5.88 Å². The number of hydrogen-bond acceptors (Lipinski definition) is 6. The normalized spacial score (nSPS) is 23.2. The van der Waals surface area contributed by atoms with E-state index in [0.717, 1.165) is 53.5 Å². The van der Waals surface area contributed by atoms with Crippen molar-refractivity contribution in [3.63, 3.8) is 0 Å². The molecule has 1 fully saturated rings. The number of carbonyl (C=O) groups excluding carboxylic acids is 1. The van der Waals surface area contributed by atoms with Crippen LogP contribution in [0, 0.1) is 12.8 Å². The molecule has 3 heterocycles. The Kier molecular flexibility index (Phi) is 8.81. The summed E-state index contributed by atoms with van der Waals surface area (Å²) in [5.41, 5.74) is 0.820. The first-order valence-corrected chi connectivity index (χ1v) is 13.3. The number of pyridine rings is 1. The molecule has 1 saturated carbocycles. The van der Waals surface area contributed by atoms with Gasteiger partial charge in [-0.25, -0.2) is 23.1 Å². The number of thiazole rings is 1. The minimum Gasteiger partial charge on any atom is -0.472 e. The standard InChI is InChI=1S/C26H34F3N3O2S/c1-18-30-16-22(35-18)15-21(33)14-19-4-8-26(29,9-5-19)10-13-32-11-6-20-2-3-25(34-17-24(27)28)31-23(20)7-12-32/h2-3,16,19,24H,4-15,17H2,1H3. The summed E-state index contributed by atoms with van der Waals surface area (Å²) in [6.45, 7) is 3.57. The van der Waals surface area contributed by atoms with Gasteiger partial charge in [-0.3, -0.25) is 4.79 Å². The predicted molar refractivity (Wildman–Crippen MR) is 130 cm³/mol. The third kappa shape index (κ3) is 7.74. The smallest absolute Gasteiger partial charge is 0.272 e. The van der Waals surface area contributed by atoms with E-state index in [1.54, 1.807) is 23.6 Å². The minimum atomic E-state index is -2.53. The van der Waals surface area contributed by atoms with Crippen LogP contribution in [0.25, 0.3) is 0 Å². The van der Waals surface area contributed by atoms with Crippen molar-refractivity contribution in [3.05, 3.63) is 39.5 Å². The van der Waals surface area contributed by atoms with Crippen LogP contribution >= 0.6 is 11.3 Å². The lowest BCUT2D eigenvalue weighted by Gasteiger charge is -2.35. The summed E-state index contributed by atoms with van der Waals surface area (Å²) < 4.78 is 45.4. The van der Waals surface area contributed by atoms with Gasteiger partial charge in [-0.15, -0.1) is 11.3 Å². The highest BCUT2D eigenvalue weighted by Gasteiger charge is 2.36. The molecule has 0 spiro atoms. The third-order valence-corrected chi connectivity index (χ3v) is 8.11. The van der Waals surface area contributed by atoms with E-state index in [1.807, 2.05) is 13.0 Å². The molecule has 2 aliphatic rings. The van der Waals surface area contributed by atoms with Crippen molar-refractivity contribution < 1.29 is 22.7 Å². The monoisotopic (exact) mass is 509 g/mol. The van der Waals surface area contributed by atoms with Crippen molar-refractivity contribution in [1.82, 2.24) is 14.9 Å². The number of ketones is 1. The quantitative estimate of drug-likeness (QED) is 0.430. The van der Waals surface area contributed by atoms with E-state index < -0.39 is 18.7 Å². The topological polar surface area (TPSA) is 55.3 Å². The Labute approximate surface area is 209 Å². The fourth-order valence-corrected chi connectivity index (χ4v) is 5.97. The molecule has 0 saturated heterocycles. The molecule has 0 radical (unpaired) electrons. The number of ether oxygens (including phenoxy) is 1. The zero-order valence-electron chi connectivity index (χ0n) is 20.3. The second kappa shape index (κ2) is 11.8. The van der Waals surface area contributed by atoms with Crippen molar-refractivity contribution in [2.24, 2.45) is 5.92 Å². The molecule has 9 heteroatoms. The average Bonchev–Trinajstić information content (AvgIpc) is 3.12. The fraction of sp³-hybridized carbons (Fsp3) is 0.654. The second-order valence-corrected chi connectivity index (χ2v) is 11.2. The first-order valence-electron chi connectivity index (χ1n) is 12.5. The Morgan fingerprint density at radius 3 is 2.74 bits per heavy atom. The van der Waals surface area contributed by atoms with E-state index in [-0.39, 0.29) is 17.6 Å². The number of rotatable bonds is 10. The van der Waals surface area contributed by atoms with Gasteiger partial charge in [-0.1, -0.05) is 6.07 Å². The molecule has 2 aromatic heterocycles. The number of aromatic nitrogens is 2. The number of halogens is 3. The first kappa shape index (κ1) is 26.1. The molecule has 1 aliphatic carbocycles. The maximum absolute atomic E-state index is 15.5. The van der Waals surface area contributed by atoms with Crippen molar-refractivity contribution in [1.29, 1.82) is 0 Å². The Morgan fingerprint density at radius 2 is 2.03 bits per heavy atom. The van der Waals surface area contributed by atoms with Crippen LogP contribution in [0.2, 0.25) is 0 Å². The summed E-state index contributed by atoms with van der Waals surface area (Å²) in [6, 6.07) is 3.55. The molecule has 0 bridgehead atoms. The SMILES string of the molecule is Cc1ncc(CC(=O)CC2CCC(F)(CCN3CCc4ccc(OCC(F)F)nc4CC3)CC2)s1. The van der Waals surface area contributed by atoms with Crippen LogP contribution < -0.4 is 4.74 Å². The number of hydrogen-bond donors (Lipinski definition) is 0. The zero-order valence-corrected chi connectivity index (χ0v) is 21.1. The molecule has 5 nitrogen and oxygen atoms in total. The van der Waals surface area contributed by atoms with Crippen LogP contribution in [-0.4, -0.2) is 59.0 Å². The Bertz CT molecular complexity index is 992. The van der Waals surface area contributed by atoms with Crippen LogP contribution in [0.3, 0.4) is 0 Å². The van der Waals surface area contributed by atoms with Gasteiger partial charge in [0.25, 0.3) is 6.43 Å². The third-order valence-electron chi connectivity index (χ3n) is 7.20. The van der Waals surface area contributed by atoms with Gasteiger partial charge in [0, 0.05) is 61.7 Å². The highest BCUT2D eigenvalue weighted by Crippen LogP contribution is 2.39.